The van der Waals surface area contributed by atoms with Crippen LogP contribution in [0.5, 0.6) is 0 Å². The molecule has 0 bridgehead atoms. The van der Waals surface area contributed by atoms with E-state index in [1.807, 2.05) is 18.2 Å². The van der Waals surface area contributed by atoms with Crippen LogP contribution in [-0.4, -0.2) is 46.8 Å². The van der Waals surface area contributed by atoms with Gasteiger partial charge in [-0.1, -0.05) is 37.5 Å². The van der Waals surface area contributed by atoms with E-state index in [9.17, 15) is 19.6 Å². The van der Waals surface area contributed by atoms with E-state index in [0.29, 0.717) is 18.1 Å². The molecule has 1 amide bonds. The molecule has 1 aromatic carbocycles. The van der Waals surface area contributed by atoms with Gasteiger partial charge in [-0.05, 0) is 37.8 Å². The Kier molecular flexibility index (Phi) is 11.4. The van der Waals surface area contributed by atoms with Crippen LogP contribution in [0, 0.1) is 0 Å². The largest absolute Gasteiger partial charge is 0.466 e. The van der Waals surface area contributed by atoms with Gasteiger partial charge in [0.1, 0.15) is 5.78 Å². The first-order chi connectivity index (χ1) is 12.9. The zero-order chi connectivity index (χ0) is 20.1. The van der Waals surface area contributed by atoms with Gasteiger partial charge in [0.05, 0.1) is 18.4 Å². The zero-order valence-corrected chi connectivity index (χ0v) is 16.9. The maximum absolute atomic E-state index is 11.8. The molecule has 0 heterocycles. The van der Waals surface area contributed by atoms with Crippen molar-refractivity contribution in [2.45, 2.75) is 62.5 Å². The van der Waals surface area contributed by atoms with E-state index < -0.39 is 5.25 Å². The summed E-state index contributed by atoms with van der Waals surface area (Å²) in [5, 5.41) is 9.40. The lowest BCUT2D eigenvalue weighted by molar-refractivity contribution is -0.150. The van der Waals surface area contributed by atoms with Gasteiger partial charge in [-0.3, -0.25) is 19.6 Å². The molecule has 6 nitrogen and oxygen atoms in total. The van der Waals surface area contributed by atoms with Gasteiger partial charge in [0.25, 0.3) is 0 Å². The Morgan fingerprint density at radius 3 is 2.48 bits per heavy atom. The molecule has 0 fully saturated rings. The van der Waals surface area contributed by atoms with Gasteiger partial charge in [0.2, 0.25) is 6.41 Å². The highest BCUT2D eigenvalue weighted by atomic mass is 32.2. The fraction of sp³-hybridized carbons (Fsp3) is 0.550. The summed E-state index contributed by atoms with van der Waals surface area (Å²) in [4.78, 5) is 34.1. The number of carbonyl (C=O) groups excluding carboxylic acids is 3. The number of unbranched alkanes of at least 4 members (excludes halogenated alkanes) is 4. The molecule has 0 saturated heterocycles. The third-order valence-electron chi connectivity index (χ3n) is 4.07. The Hall–Kier alpha value is -1.86. The second-order valence-electron chi connectivity index (χ2n) is 6.41. The normalized spacial score (nSPS) is 11.7. The maximum Gasteiger partial charge on any atom is 0.302 e. The van der Waals surface area contributed by atoms with E-state index in [2.05, 4.69) is 6.07 Å². The third-order valence-corrected chi connectivity index (χ3v) is 5.48. The number of aryl methyl sites for hydroxylation is 1. The van der Waals surface area contributed by atoms with Crippen LogP contribution < -0.4 is 0 Å². The predicted octanol–water partition coefficient (Wildman–Crippen LogP) is 3.64. The van der Waals surface area contributed by atoms with E-state index in [1.54, 1.807) is 0 Å². The number of ether oxygens (including phenoxy) is 1. The van der Waals surface area contributed by atoms with Gasteiger partial charge >= 0.3 is 5.97 Å². The van der Waals surface area contributed by atoms with E-state index in [-0.39, 0.29) is 18.3 Å². The summed E-state index contributed by atoms with van der Waals surface area (Å²) in [7, 11) is 0. The Balaban J connectivity index is 2.45. The third kappa shape index (κ3) is 10.2. The van der Waals surface area contributed by atoms with Gasteiger partial charge in [-0.2, -0.15) is 0 Å². The molecule has 0 saturated carbocycles. The van der Waals surface area contributed by atoms with Crippen molar-refractivity contribution in [1.82, 2.24) is 5.06 Å². The number of thioether (sulfide) groups is 1. The summed E-state index contributed by atoms with van der Waals surface area (Å²) < 4.78 is 4.91. The smallest absolute Gasteiger partial charge is 0.302 e. The minimum absolute atomic E-state index is 0.0276. The van der Waals surface area contributed by atoms with Gasteiger partial charge in [-0.25, -0.2) is 5.06 Å². The molecule has 7 heteroatoms. The average molecular weight is 396 g/mol. The Labute approximate surface area is 165 Å². The number of rotatable bonds is 14. The summed E-state index contributed by atoms with van der Waals surface area (Å²) in [5.74, 6) is -0.311. The van der Waals surface area contributed by atoms with Crippen LogP contribution in [0.2, 0.25) is 0 Å². The Bertz CT molecular complexity index is 608. The molecule has 0 aromatic heterocycles. The minimum atomic E-state index is -0.498. The first-order valence-electron chi connectivity index (χ1n) is 9.23. The molecule has 0 aliphatic heterocycles. The van der Waals surface area contributed by atoms with Crippen molar-refractivity contribution in [2.75, 3.05) is 13.2 Å². The lowest BCUT2D eigenvalue weighted by Gasteiger charge is -2.18. The lowest BCUT2D eigenvalue weighted by atomic mass is 10.1. The van der Waals surface area contributed by atoms with Crippen molar-refractivity contribution in [3.63, 3.8) is 0 Å². The number of nitrogens with zero attached hydrogens (tertiary/aromatic N) is 1. The Morgan fingerprint density at radius 1 is 1.15 bits per heavy atom. The molecule has 0 radical (unpaired) electrons. The van der Waals surface area contributed by atoms with Crippen LogP contribution in [0.3, 0.4) is 0 Å². The number of Topliss-reactive ketones (excluding diaryl/α,β-unsaturated/α-hetero) is 1. The number of amides is 1. The van der Waals surface area contributed by atoms with E-state index in [1.165, 1.54) is 31.2 Å². The van der Waals surface area contributed by atoms with Crippen molar-refractivity contribution in [3.8, 4) is 0 Å². The summed E-state index contributed by atoms with van der Waals surface area (Å²) in [5.41, 5.74) is 1.17. The van der Waals surface area contributed by atoms with Crippen LogP contribution >= 0.6 is 11.8 Å². The number of carbonyl (C=O) groups is 3. The fourth-order valence-electron chi connectivity index (χ4n) is 2.60. The lowest BCUT2D eigenvalue weighted by Crippen LogP contribution is -2.31. The molecule has 0 aliphatic rings. The number of hydrogen-bond donors (Lipinski definition) is 1. The predicted molar refractivity (Wildman–Crippen MR) is 105 cm³/mol. The van der Waals surface area contributed by atoms with Crippen LogP contribution in [-0.2, 0) is 25.5 Å². The maximum atomic E-state index is 11.8. The second kappa shape index (κ2) is 13.3. The molecule has 1 atom stereocenters. The fourth-order valence-corrected chi connectivity index (χ4v) is 3.78. The highest BCUT2D eigenvalue weighted by Gasteiger charge is 2.19. The number of hydroxylamine groups is 2. The standard InChI is InChI=1S/C20H29NO5S/c1-16(23)20(14-21(25)15-22)27-19-12-8-7-11-18(19)10-6-4-3-5-9-13-26-17(2)24/h7-8,11-12,15,20,25H,3-6,9-10,13-14H2,1-2H3. The van der Waals surface area contributed by atoms with E-state index in [4.69, 9.17) is 4.74 Å². The molecule has 1 unspecified atom stereocenters. The second-order valence-corrected chi connectivity index (χ2v) is 7.65. The molecule has 0 aliphatic carbocycles. The quantitative estimate of drug-likeness (QED) is 0.129. The molecular formula is C20H29NO5S. The highest BCUT2D eigenvalue weighted by molar-refractivity contribution is 8.00. The van der Waals surface area contributed by atoms with Crippen molar-refractivity contribution in [2.24, 2.45) is 0 Å². The zero-order valence-electron chi connectivity index (χ0n) is 16.1. The van der Waals surface area contributed by atoms with E-state index in [0.717, 1.165) is 43.4 Å². The van der Waals surface area contributed by atoms with Gasteiger partial charge in [0.15, 0.2) is 0 Å². The molecule has 0 spiro atoms. The molecule has 1 aromatic rings. The number of ketones is 1. The Morgan fingerprint density at radius 2 is 1.81 bits per heavy atom. The summed E-state index contributed by atoms with van der Waals surface area (Å²) >= 11 is 1.39. The topological polar surface area (TPSA) is 83.9 Å². The first-order valence-corrected chi connectivity index (χ1v) is 10.1. The van der Waals surface area contributed by atoms with Crippen LogP contribution in [0.1, 0.15) is 51.5 Å². The summed E-state index contributed by atoms with van der Waals surface area (Å²) in [6.07, 6.45) is 6.36. The van der Waals surface area contributed by atoms with Crippen molar-refractivity contribution in [1.29, 1.82) is 0 Å². The highest BCUT2D eigenvalue weighted by Crippen LogP contribution is 2.29. The van der Waals surface area contributed by atoms with Crippen molar-refractivity contribution < 1.29 is 24.3 Å². The van der Waals surface area contributed by atoms with Crippen molar-refractivity contribution >= 4 is 29.9 Å². The minimum Gasteiger partial charge on any atom is -0.466 e. The van der Waals surface area contributed by atoms with Crippen molar-refractivity contribution in [3.05, 3.63) is 29.8 Å². The number of hydrogen-bond acceptors (Lipinski definition) is 6. The molecule has 1 N–H and O–H groups in total. The van der Waals surface area contributed by atoms with Gasteiger partial charge in [-0.15, -0.1) is 11.8 Å². The molecule has 150 valence electrons. The first kappa shape index (κ1) is 23.2. The number of esters is 1. The van der Waals surface area contributed by atoms with Crippen LogP contribution in [0.25, 0.3) is 0 Å². The van der Waals surface area contributed by atoms with Gasteiger partial charge in [0, 0.05) is 11.8 Å². The average Bonchev–Trinajstić information content (AvgIpc) is 2.63. The van der Waals surface area contributed by atoms with Gasteiger partial charge < -0.3 is 4.74 Å². The molecule has 27 heavy (non-hydrogen) atoms. The monoisotopic (exact) mass is 395 g/mol. The summed E-state index contributed by atoms with van der Waals surface area (Å²) in [6, 6.07) is 7.92. The van der Waals surface area contributed by atoms with E-state index >= 15 is 0 Å². The SMILES string of the molecule is CC(=O)OCCCCCCCc1ccccc1SC(CN(O)C=O)C(C)=O. The number of benzene rings is 1. The summed E-state index contributed by atoms with van der Waals surface area (Å²) in [6.45, 7) is 3.35. The van der Waals surface area contributed by atoms with Crippen LogP contribution in [0.15, 0.2) is 29.2 Å². The molecule has 1 rings (SSSR count). The molecular weight excluding hydrogens is 366 g/mol. The van der Waals surface area contributed by atoms with Crippen LogP contribution in [0.4, 0.5) is 0 Å².